The highest BCUT2D eigenvalue weighted by atomic mass is 32.1. The molecule has 1 N–H and O–H groups in total. The highest BCUT2D eigenvalue weighted by Crippen LogP contribution is 2.20. The van der Waals surface area contributed by atoms with Gasteiger partial charge in [-0.3, -0.25) is 9.78 Å². The van der Waals surface area contributed by atoms with Crippen LogP contribution in [0.5, 0.6) is 0 Å². The average Bonchev–Trinajstić information content (AvgIpc) is 2.55. The Balaban J connectivity index is 2.61. The minimum atomic E-state index is -1.50. The fraction of sp³-hybridized carbons (Fsp3) is 0.111. The normalized spacial score (nSPS) is 10.8. The molecule has 0 aliphatic carbocycles. The van der Waals surface area contributed by atoms with Crippen LogP contribution in [0.1, 0.15) is 0 Å². The Bertz CT molecular complexity index is 579. The van der Waals surface area contributed by atoms with Gasteiger partial charge in [0.1, 0.15) is 0 Å². The molecule has 2 rings (SSSR count). The van der Waals surface area contributed by atoms with Crippen molar-refractivity contribution in [2.45, 2.75) is 0 Å². The minimum Gasteiger partial charge on any atom is -0.279 e. The molecule has 16 heavy (non-hydrogen) atoms. The van der Waals surface area contributed by atoms with E-state index in [1.165, 1.54) is 4.68 Å². The predicted molar refractivity (Wildman–Crippen MR) is 53.7 cm³/mol. The lowest BCUT2D eigenvalue weighted by atomic mass is 10.2. The zero-order valence-corrected chi connectivity index (χ0v) is 8.91. The molecule has 2 aromatic rings. The molecular weight excluding hydrogens is 239 g/mol. The van der Waals surface area contributed by atoms with Gasteiger partial charge in [-0.1, -0.05) is 0 Å². The third kappa shape index (κ3) is 1.73. The van der Waals surface area contributed by atoms with Crippen molar-refractivity contribution in [1.82, 2.24) is 14.8 Å². The van der Waals surface area contributed by atoms with Crippen molar-refractivity contribution in [3.05, 3.63) is 34.4 Å². The van der Waals surface area contributed by atoms with Gasteiger partial charge in [0, 0.05) is 12.6 Å². The van der Waals surface area contributed by atoms with Gasteiger partial charge >= 0.3 is 0 Å². The molecule has 0 fully saturated rings. The fourth-order valence-electron chi connectivity index (χ4n) is 1.22. The maximum absolute atomic E-state index is 12.9. The second kappa shape index (κ2) is 3.75. The summed E-state index contributed by atoms with van der Waals surface area (Å²) in [5, 5.41) is 2.68. The van der Waals surface area contributed by atoms with Gasteiger partial charge in [0.2, 0.25) is 4.77 Å². The summed E-state index contributed by atoms with van der Waals surface area (Å²) in [6.45, 7) is 0. The van der Waals surface area contributed by atoms with Crippen LogP contribution < -0.4 is 0 Å². The molecule has 0 aliphatic rings. The monoisotopic (exact) mass is 245 g/mol. The summed E-state index contributed by atoms with van der Waals surface area (Å²) in [5.41, 5.74) is 0.100. The summed E-state index contributed by atoms with van der Waals surface area (Å²) < 4.78 is 40.2. The second-order valence-electron chi connectivity index (χ2n) is 3.17. The maximum atomic E-state index is 12.9. The molecule has 3 nitrogen and oxygen atoms in total. The van der Waals surface area contributed by atoms with Crippen LogP contribution in [0.4, 0.5) is 13.2 Å². The molecular formula is C9H6F3N3S. The van der Waals surface area contributed by atoms with E-state index in [1.807, 2.05) is 0 Å². The average molecular weight is 245 g/mol. The Hall–Kier alpha value is -1.63. The molecule has 0 radical (unpaired) electrons. The number of aromatic nitrogens is 3. The second-order valence-corrected chi connectivity index (χ2v) is 3.53. The van der Waals surface area contributed by atoms with Crippen molar-refractivity contribution in [3.8, 4) is 11.4 Å². The molecule has 7 heteroatoms. The molecule has 1 aromatic carbocycles. The van der Waals surface area contributed by atoms with Gasteiger partial charge in [0.15, 0.2) is 23.3 Å². The first kappa shape index (κ1) is 10.9. The summed E-state index contributed by atoms with van der Waals surface area (Å²) >= 11 is 4.82. The molecule has 0 saturated carbocycles. The van der Waals surface area contributed by atoms with Crippen LogP contribution in [0.25, 0.3) is 11.4 Å². The van der Waals surface area contributed by atoms with E-state index in [2.05, 4.69) is 10.1 Å². The van der Waals surface area contributed by atoms with Gasteiger partial charge < -0.3 is 0 Å². The first-order valence-electron chi connectivity index (χ1n) is 4.27. The van der Waals surface area contributed by atoms with Gasteiger partial charge in [-0.2, -0.15) is 4.98 Å². The van der Waals surface area contributed by atoms with E-state index < -0.39 is 17.5 Å². The number of aryl methyl sites for hydroxylation is 1. The number of nitrogens with zero attached hydrogens (tertiary/aromatic N) is 2. The molecule has 0 spiro atoms. The maximum Gasteiger partial charge on any atom is 0.216 e. The minimum absolute atomic E-state index is 0.100. The summed E-state index contributed by atoms with van der Waals surface area (Å²) in [4.78, 5) is 3.86. The molecule has 1 aromatic heterocycles. The SMILES string of the molecule is Cn1[nH]c(-c2cc(F)c(F)c(F)c2)nc1=S. The molecule has 0 saturated heterocycles. The molecule has 0 amide bonds. The van der Waals surface area contributed by atoms with E-state index in [9.17, 15) is 13.2 Å². The molecule has 0 unspecified atom stereocenters. The Morgan fingerprint density at radius 2 is 1.81 bits per heavy atom. The van der Waals surface area contributed by atoms with E-state index in [4.69, 9.17) is 12.2 Å². The summed E-state index contributed by atoms with van der Waals surface area (Å²) in [6.07, 6.45) is 0. The van der Waals surface area contributed by atoms with Crippen LogP contribution in [0, 0.1) is 22.2 Å². The van der Waals surface area contributed by atoms with Crippen LogP contribution in [0.3, 0.4) is 0 Å². The smallest absolute Gasteiger partial charge is 0.216 e. The van der Waals surface area contributed by atoms with Crippen molar-refractivity contribution in [2.75, 3.05) is 0 Å². The van der Waals surface area contributed by atoms with Crippen molar-refractivity contribution in [3.63, 3.8) is 0 Å². The van der Waals surface area contributed by atoms with E-state index in [1.54, 1.807) is 7.05 Å². The van der Waals surface area contributed by atoms with Gasteiger partial charge in [-0.15, -0.1) is 0 Å². The Morgan fingerprint density at radius 1 is 1.25 bits per heavy atom. The number of rotatable bonds is 1. The van der Waals surface area contributed by atoms with Gasteiger partial charge in [0.25, 0.3) is 0 Å². The number of H-pyrrole nitrogens is 1. The van der Waals surface area contributed by atoms with Crippen LogP contribution >= 0.6 is 12.2 Å². The van der Waals surface area contributed by atoms with Gasteiger partial charge in [-0.05, 0) is 24.4 Å². The highest BCUT2D eigenvalue weighted by molar-refractivity contribution is 7.71. The first-order valence-corrected chi connectivity index (χ1v) is 4.68. The van der Waals surface area contributed by atoms with Crippen LogP contribution in [0.15, 0.2) is 12.1 Å². The lowest BCUT2D eigenvalue weighted by molar-refractivity contribution is 0.447. The molecule has 1 heterocycles. The predicted octanol–water partition coefficient (Wildman–Crippen LogP) is 2.56. The Morgan fingerprint density at radius 3 is 2.25 bits per heavy atom. The standard InChI is InChI=1S/C9H6F3N3S/c1-15-9(16)13-8(14-15)4-2-5(10)7(12)6(11)3-4/h2-3H,1H3,(H,13,14,16). The zero-order chi connectivity index (χ0) is 11.9. The number of hydrogen-bond acceptors (Lipinski definition) is 2. The summed E-state index contributed by atoms with van der Waals surface area (Å²) in [6, 6.07) is 1.71. The zero-order valence-electron chi connectivity index (χ0n) is 8.09. The Labute approximate surface area is 93.5 Å². The quantitative estimate of drug-likeness (QED) is 0.618. The summed E-state index contributed by atoms with van der Waals surface area (Å²) in [7, 11) is 1.61. The fourth-order valence-corrected chi connectivity index (χ4v) is 1.36. The number of aromatic amines is 1. The molecule has 84 valence electrons. The van der Waals surface area contributed by atoms with Gasteiger partial charge in [0.05, 0.1) is 0 Å². The molecule has 0 atom stereocenters. The van der Waals surface area contributed by atoms with Crippen LogP contribution in [0.2, 0.25) is 0 Å². The van der Waals surface area contributed by atoms with Crippen LogP contribution in [-0.2, 0) is 7.05 Å². The summed E-state index contributed by atoms with van der Waals surface area (Å²) in [5.74, 6) is -3.84. The van der Waals surface area contributed by atoms with Crippen molar-refractivity contribution >= 4 is 12.2 Å². The molecule has 0 aliphatic heterocycles. The van der Waals surface area contributed by atoms with E-state index in [0.29, 0.717) is 0 Å². The topological polar surface area (TPSA) is 33.6 Å². The number of halogens is 3. The highest BCUT2D eigenvalue weighted by Gasteiger charge is 2.13. The van der Waals surface area contributed by atoms with Crippen LogP contribution in [-0.4, -0.2) is 14.8 Å². The van der Waals surface area contributed by atoms with Gasteiger partial charge in [-0.25, -0.2) is 13.2 Å². The number of nitrogens with one attached hydrogen (secondary N) is 1. The third-order valence-electron chi connectivity index (χ3n) is 2.03. The van der Waals surface area contributed by atoms with Crippen molar-refractivity contribution in [2.24, 2.45) is 7.05 Å². The lowest BCUT2D eigenvalue weighted by Crippen LogP contribution is -1.94. The third-order valence-corrected chi connectivity index (χ3v) is 2.39. The Kier molecular flexibility index (Phi) is 2.55. The van der Waals surface area contributed by atoms with Crippen molar-refractivity contribution in [1.29, 1.82) is 0 Å². The number of benzene rings is 1. The van der Waals surface area contributed by atoms with E-state index >= 15 is 0 Å². The van der Waals surface area contributed by atoms with Crippen molar-refractivity contribution < 1.29 is 13.2 Å². The van der Waals surface area contributed by atoms with E-state index in [0.717, 1.165) is 12.1 Å². The number of hydrogen-bond donors (Lipinski definition) is 1. The lowest BCUT2D eigenvalue weighted by Gasteiger charge is -1.99. The largest absolute Gasteiger partial charge is 0.279 e. The van der Waals surface area contributed by atoms with E-state index in [-0.39, 0.29) is 16.2 Å². The molecule has 0 bridgehead atoms. The first-order chi connectivity index (χ1) is 7.49.